The van der Waals surface area contributed by atoms with Crippen molar-refractivity contribution < 1.29 is 32.1 Å². The van der Waals surface area contributed by atoms with E-state index in [0.717, 1.165) is 50.8 Å². The number of alkyl halides is 1. The van der Waals surface area contributed by atoms with Crippen LogP contribution in [0.4, 0.5) is 27.5 Å². The van der Waals surface area contributed by atoms with E-state index in [2.05, 4.69) is 25.9 Å². The van der Waals surface area contributed by atoms with E-state index in [1.165, 1.54) is 18.2 Å². The van der Waals surface area contributed by atoms with Gasteiger partial charge in [0, 0.05) is 62.6 Å². The lowest BCUT2D eigenvalue weighted by Crippen LogP contribution is -2.39. The van der Waals surface area contributed by atoms with Crippen LogP contribution in [0.1, 0.15) is 33.0 Å². The van der Waals surface area contributed by atoms with Crippen LogP contribution in [0.5, 0.6) is 5.75 Å². The second-order valence-corrected chi connectivity index (χ2v) is 17.0. The van der Waals surface area contributed by atoms with E-state index in [4.69, 9.17) is 28.6 Å². The van der Waals surface area contributed by atoms with Crippen LogP contribution in [-0.2, 0) is 16.5 Å². The standard InChI is InChI=1S/C42H35ClN6O7S3/c1-58-14-13-39(57)44-26-9-11-33-23(15-26)17-35(47-33)40(50)45-27-10-12-34-24(16-27)18-36(48-34)41(51)49-28(22-43)20-32-30-7-2-3-8-31(30)38(21-37(32)49)56-42(52)46-25-5-4-6-29(19-25)59(53,54)55/h2-12,15-19,21,28,47-48H,13-14,20,22H2,1H3,(H,44,57)(H,45,50)(H,46,52)(H,53,54,55)/t28-/m0/s1. The number of ether oxygens (including phenoxy) is 1. The summed E-state index contributed by atoms with van der Waals surface area (Å²) in [6.45, 7) is 0. The summed E-state index contributed by atoms with van der Waals surface area (Å²) >= 11 is 13.7. The van der Waals surface area contributed by atoms with Crippen LogP contribution in [-0.4, -0.2) is 69.8 Å². The van der Waals surface area contributed by atoms with E-state index in [0.29, 0.717) is 39.8 Å². The highest BCUT2D eigenvalue weighted by Gasteiger charge is 2.37. The molecule has 0 saturated heterocycles. The zero-order valence-electron chi connectivity index (χ0n) is 31.2. The Hall–Kier alpha value is -5.91. The minimum atomic E-state index is -4.50. The first kappa shape index (κ1) is 39.9. The smallest absolute Gasteiger partial charge is 0.409 e. The normalized spacial score (nSPS) is 13.7. The quantitative estimate of drug-likeness (QED) is 0.0416. The Morgan fingerprint density at radius 1 is 0.847 bits per heavy atom. The Morgan fingerprint density at radius 3 is 2.20 bits per heavy atom. The molecule has 0 saturated carbocycles. The molecule has 300 valence electrons. The van der Waals surface area contributed by atoms with E-state index < -0.39 is 27.1 Å². The van der Waals surface area contributed by atoms with Crippen molar-refractivity contribution in [1.82, 2.24) is 9.97 Å². The van der Waals surface area contributed by atoms with E-state index >= 15 is 0 Å². The van der Waals surface area contributed by atoms with Gasteiger partial charge in [-0.25, -0.2) is 4.79 Å². The number of fused-ring (bicyclic) bond motifs is 5. The van der Waals surface area contributed by atoms with Crippen LogP contribution >= 0.6 is 35.6 Å². The van der Waals surface area contributed by atoms with Crippen molar-refractivity contribution in [2.45, 2.75) is 23.8 Å². The predicted octanol–water partition coefficient (Wildman–Crippen LogP) is 9.21. The lowest BCUT2D eigenvalue weighted by atomic mass is 10.0. The fourth-order valence-electron chi connectivity index (χ4n) is 7.21. The molecule has 3 amide bonds. The number of thioether (sulfide) groups is 1. The largest absolute Gasteiger partial charge is 0.417 e. The van der Waals surface area contributed by atoms with Gasteiger partial charge in [0.2, 0.25) is 0 Å². The molecule has 0 fully saturated rings. The molecule has 1 atom stereocenters. The molecule has 0 aliphatic carbocycles. The van der Waals surface area contributed by atoms with Crippen molar-refractivity contribution in [3.05, 3.63) is 120 Å². The summed E-state index contributed by atoms with van der Waals surface area (Å²) < 4.78 is 38.5. The molecule has 2 aromatic heterocycles. The molecule has 6 N–H and O–H groups in total. The summed E-state index contributed by atoms with van der Waals surface area (Å²) in [6.07, 6.45) is 2.35. The van der Waals surface area contributed by atoms with Gasteiger partial charge in [-0.1, -0.05) is 42.5 Å². The maximum Gasteiger partial charge on any atom is 0.417 e. The number of thiocarbonyl (C=S) groups is 1. The van der Waals surface area contributed by atoms with E-state index in [1.54, 1.807) is 65.2 Å². The van der Waals surface area contributed by atoms with Crippen molar-refractivity contribution in [3.63, 3.8) is 0 Å². The molecule has 0 spiro atoms. The minimum Gasteiger partial charge on any atom is -0.409 e. The van der Waals surface area contributed by atoms with Gasteiger partial charge in [-0.15, -0.1) is 11.6 Å². The highest BCUT2D eigenvalue weighted by atomic mass is 35.5. The maximum absolute atomic E-state index is 14.4. The van der Waals surface area contributed by atoms with Gasteiger partial charge in [0.05, 0.1) is 21.6 Å². The number of nitrogens with zero attached hydrogens (tertiary/aromatic N) is 1. The summed E-state index contributed by atoms with van der Waals surface area (Å²) in [7, 11) is -4.50. The zero-order valence-corrected chi connectivity index (χ0v) is 34.4. The van der Waals surface area contributed by atoms with Gasteiger partial charge >= 0.3 is 6.09 Å². The Balaban J connectivity index is 1.02. The molecule has 8 rings (SSSR count). The number of aromatic amines is 2. The average molecular weight is 867 g/mol. The van der Waals surface area contributed by atoms with Crippen LogP contribution in [0.2, 0.25) is 0 Å². The van der Waals surface area contributed by atoms with Crippen molar-refractivity contribution in [2.75, 3.05) is 38.7 Å². The summed E-state index contributed by atoms with van der Waals surface area (Å²) in [5.41, 5.74) is 4.97. The van der Waals surface area contributed by atoms with Crippen molar-refractivity contribution in [1.29, 1.82) is 0 Å². The maximum atomic E-state index is 14.4. The lowest BCUT2D eigenvalue weighted by Gasteiger charge is -2.24. The van der Waals surface area contributed by atoms with Gasteiger partial charge in [0.15, 0.2) is 0 Å². The zero-order chi connectivity index (χ0) is 41.4. The molecule has 59 heavy (non-hydrogen) atoms. The van der Waals surface area contributed by atoms with Gasteiger partial charge in [0.25, 0.3) is 21.9 Å². The molecule has 1 aliphatic heterocycles. The number of aromatic nitrogens is 2. The van der Waals surface area contributed by atoms with Gasteiger partial charge in [-0.05, 0) is 96.1 Å². The average Bonchev–Trinajstić information content (AvgIpc) is 3.95. The third kappa shape index (κ3) is 8.35. The molecule has 1 aliphatic rings. The van der Waals surface area contributed by atoms with E-state index in [1.807, 2.05) is 36.6 Å². The monoisotopic (exact) mass is 866 g/mol. The lowest BCUT2D eigenvalue weighted by molar-refractivity contribution is 0.0976. The number of hydrogen-bond acceptors (Lipinski definition) is 8. The second kappa shape index (κ2) is 16.4. The second-order valence-electron chi connectivity index (χ2n) is 13.8. The molecule has 0 unspecified atom stereocenters. The Morgan fingerprint density at radius 2 is 1.51 bits per heavy atom. The molecule has 13 nitrogen and oxygen atoms in total. The third-order valence-corrected chi connectivity index (χ3v) is 12.1. The number of anilines is 4. The summed E-state index contributed by atoms with van der Waals surface area (Å²) in [5.74, 6) is 0.524. The number of hydrogen-bond donors (Lipinski definition) is 6. The number of H-pyrrole nitrogens is 2. The molecule has 5 aromatic carbocycles. The molecular formula is C42H35ClN6O7S3. The van der Waals surface area contributed by atoms with E-state index in [9.17, 15) is 27.4 Å². The van der Waals surface area contributed by atoms with Crippen LogP contribution in [0.15, 0.2) is 108 Å². The fraction of sp³-hybridized carbons (Fsp3) is 0.143. The summed E-state index contributed by atoms with van der Waals surface area (Å²) in [6, 6.07) is 28.2. The first-order valence-electron chi connectivity index (χ1n) is 18.2. The predicted molar refractivity (Wildman–Crippen MR) is 239 cm³/mol. The number of carbonyl (C=O) groups excluding carboxylic acids is 3. The molecule has 0 bridgehead atoms. The highest BCUT2D eigenvalue weighted by Crippen LogP contribution is 2.43. The molecule has 7 aromatic rings. The Kier molecular flexibility index (Phi) is 11.1. The van der Waals surface area contributed by atoms with Gasteiger partial charge in [0.1, 0.15) is 17.1 Å². The number of carbonyl (C=O) groups is 3. The molecule has 17 heteroatoms. The Labute approximate surface area is 352 Å². The first-order valence-corrected chi connectivity index (χ1v) is 22.0. The van der Waals surface area contributed by atoms with Crippen molar-refractivity contribution >= 4 is 124 Å². The van der Waals surface area contributed by atoms with Crippen molar-refractivity contribution in [2.24, 2.45) is 0 Å². The molecule has 3 heterocycles. The van der Waals surface area contributed by atoms with Crippen molar-refractivity contribution in [3.8, 4) is 5.75 Å². The van der Waals surface area contributed by atoms with Gasteiger partial charge in [-0.3, -0.25) is 19.5 Å². The van der Waals surface area contributed by atoms with Crippen LogP contribution in [0.25, 0.3) is 32.6 Å². The number of benzene rings is 5. The molecular weight excluding hydrogens is 832 g/mol. The number of amides is 3. The van der Waals surface area contributed by atoms with Crippen LogP contribution < -0.4 is 25.6 Å². The third-order valence-electron chi connectivity index (χ3n) is 9.93. The minimum absolute atomic E-state index is 0.0824. The first-order chi connectivity index (χ1) is 28.4. The fourth-order valence-corrected chi connectivity index (χ4v) is 8.74. The molecule has 0 radical (unpaired) electrons. The number of rotatable bonds is 11. The summed E-state index contributed by atoms with van der Waals surface area (Å²) in [4.78, 5) is 49.3. The number of nitrogens with one attached hydrogen (secondary N) is 5. The van der Waals surface area contributed by atoms with Crippen LogP contribution in [0, 0.1) is 0 Å². The van der Waals surface area contributed by atoms with Gasteiger partial charge in [-0.2, -0.15) is 20.2 Å². The Bertz CT molecular complexity index is 2950. The summed E-state index contributed by atoms with van der Waals surface area (Å²) in [5, 5.41) is 11.6. The SMILES string of the molecule is CSCCC(=S)Nc1ccc2[nH]c(C(=O)Nc3ccc4[nH]c(C(=O)N5c6cc(OC(=O)Nc7cccc(S(=O)(=O)O)c7)c7ccccc7c6C[C@H]5CCl)cc4c3)cc2c1. The topological polar surface area (TPSA) is 186 Å². The number of halogens is 1. The van der Waals surface area contributed by atoms with Gasteiger partial charge < -0.3 is 30.2 Å². The van der Waals surface area contributed by atoms with E-state index in [-0.39, 0.29) is 34.8 Å². The highest BCUT2D eigenvalue weighted by molar-refractivity contribution is 7.98. The van der Waals surface area contributed by atoms with Crippen LogP contribution in [0.3, 0.4) is 0 Å².